The van der Waals surface area contributed by atoms with Gasteiger partial charge >= 0.3 is 5.97 Å². The van der Waals surface area contributed by atoms with E-state index in [4.69, 9.17) is 18.7 Å². The lowest BCUT2D eigenvalue weighted by atomic mass is 10.1. The van der Waals surface area contributed by atoms with Gasteiger partial charge in [0.2, 0.25) is 6.79 Å². The summed E-state index contributed by atoms with van der Waals surface area (Å²) in [5.74, 6) is 2.75. The molecule has 0 N–H and O–H groups in total. The quantitative estimate of drug-likeness (QED) is 0.570. The summed E-state index contributed by atoms with van der Waals surface area (Å²) in [6.45, 7) is 0.303. The van der Waals surface area contributed by atoms with Gasteiger partial charge in [0.05, 0.1) is 5.75 Å². The number of thioether (sulfide) groups is 1. The molecule has 0 saturated heterocycles. The zero-order chi connectivity index (χ0) is 18.5. The molecule has 6 nitrogen and oxygen atoms in total. The normalized spacial score (nSPS) is 12.1. The molecule has 1 aromatic heterocycles. The summed E-state index contributed by atoms with van der Waals surface area (Å²) >= 11 is 1.52. The van der Waals surface area contributed by atoms with Gasteiger partial charge in [0.1, 0.15) is 12.3 Å². The van der Waals surface area contributed by atoms with Crippen molar-refractivity contribution in [3.8, 4) is 22.8 Å². The Morgan fingerprint density at radius 1 is 1.07 bits per heavy atom. The van der Waals surface area contributed by atoms with E-state index in [1.807, 2.05) is 48.5 Å². The van der Waals surface area contributed by atoms with Crippen LogP contribution < -0.4 is 9.47 Å². The Kier molecular flexibility index (Phi) is 5.29. The topological polar surface area (TPSA) is 70.8 Å². The number of esters is 1. The lowest BCUT2D eigenvalue weighted by Gasteiger charge is -2.03. The van der Waals surface area contributed by atoms with Crippen molar-refractivity contribution in [1.82, 2.24) is 5.16 Å². The average molecular weight is 383 g/mol. The monoisotopic (exact) mass is 383 g/mol. The molecule has 27 heavy (non-hydrogen) atoms. The molecule has 0 fully saturated rings. The Bertz CT molecular complexity index is 925. The van der Waals surface area contributed by atoms with Crippen LogP contribution in [0.2, 0.25) is 0 Å². The van der Waals surface area contributed by atoms with Crippen LogP contribution in [0.4, 0.5) is 0 Å². The summed E-state index contributed by atoms with van der Waals surface area (Å²) < 4.78 is 21.3. The lowest BCUT2D eigenvalue weighted by Crippen LogP contribution is -2.07. The highest BCUT2D eigenvalue weighted by atomic mass is 32.2. The molecule has 2 heterocycles. The van der Waals surface area contributed by atoms with E-state index in [-0.39, 0.29) is 19.4 Å². The molecule has 0 atom stereocenters. The van der Waals surface area contributed by atoms with Crippen molar-refractivity contribution in [2.75, 3.05) is 12.5 Å². The number of rotatable bonds is 7. The number of aromatic nitrogens is 1. The fourth-order valence-corrected chi connectivity index (χ4v) is 3.37. The van der Waals surface area contributed by atoms with Crippen LogP contribution in [0.25, 0.3) is 11.3 Å². The van der Waals surface area contributed by atoms with Gasteiger partial charge in [-0.05, 0) is 23.8 Å². The fraction of sp³-hybridized carbons (Fsp3) is 0.200. The maximum Gasteiger partial charge on any atom is 0.316 e. The van der Waals surface area contributed by atoms with Crippen molar-refractivity contribution in [2.45, 2.75) is 12.4 Å². The van der Waals surface area contributed by atoms with E-state index < -0.39 is 0 Å². The highest BCUT2D eigenvalue weighted by molar-refractivity contribution is 7.99. The van der Waals surface area contributed by atoms with Gasteiger partial charge in [-0.1, -0.05) is 35.5 Å². The van der Waals surface area contributed by atoms with Crippen LogP contribution >= 0.6 is 11.8 Å². The summed E-state index contributed by atoms with van der Waals surface area (Å²) in [5, 5.41) is 3.95. The number of ether oxygens (including phenoxy) is 3. The van der Waals surface area contributed by atoms with E-state index >= 15 is 0 Å². The third kappa shape index (κ3) is 4.43. The molecule has 0 aliphatic carbocycles. The van der Waals surface area contributed by atoms with Crippen LogP contribution in [0.3, 0.4) is 0 Å². The maximum atomic E-state index is 11.9. The molecule has 4 rings (SSSR count). The minimum Gasteiger partial charge on any atom is -0.458 e. The van der Waals surface area contributed by atoms with Crippen molar-refractivity contribution in [3.63, 3.8) is 0 Å². The van der Waals surface area contributed by atoms with E-state index in [0.29, 0.717) is 28.7 Å². The first-order chi connectivity index (χ1) is 13.3. The Morgan fingerprint density at radius 3 is 2.81 bits per heavy atom. The number of benzene rings is 2. The Hall–Kier alpha value is -2.93. The van der Waals surface area contributed by atoms with Gasteiger partial charge in [-0.15, -0.1) is 11.8 Å². The molecular weight excluding hydrogens is 366 g/mol. The summed E-state index contributed by atoms with van der Waals surface area (Å²) in [6, 6.07) is 17.3. The molecule has 7 heteroatoms. The number of hydrogen-bond acceptors (Lipinski definition) is 7. The zero-order valence-electron chi connectivity index (χ0n) is 14.4. The molecule has 1 aliphatic heterocycles. The minimum atomic E-state index is -0.274. The highest BCUT2D eigenvalue weighted by Gasteiger charge is 2.16. The van der Waals surface area contributed by atoms with E-state index in [2.05, 4.69) is 5.16 Å². The van der Waals surface area contributed by atoms with Crippen molar-refractivity contribution < 1.29 is 23.5 Å². The van der Waals surface area contributed by atoms with Crippen molar-refractivity contribution >= 4 is 17.7 Å². The average Bonchev–Trinajstić information content (AvgIpc) is 3.36. The van der Waals surface area contributed by atoms with Gasteiger partial charge in [-0.25, -0.2) is 0 Å². The van der Waals surface area contributed by atoms with Crippen LogP contribution in [-0.4, -0.2) is 23.7 Å². The van der Waals surface area contributed by atoms with Gasteiger partial charge in [-0.2, -0.15) is 0 Å². The fourth-order valence-electron chi connectivity index (χ4n) is 2.59. The molecule has 2 aromatic carbocycles. The van der Waals surface area contributed by atoms with Crippen LogP contribution in [0.5, 0.6) is 11.5 Å². The van der Waals surface area contributed by atoms with Gasteiger partial charge in [0, 0.05) is 17.4 Å². The van der Waals surface area contributed by atoms with E-state index in [9.17, 15) is 4.79 Å². The molecule has 1 aliphatic rings. The second-order valence-corrected chi connectivity index (χ2v) is 6.88. The lowest BCUT2D eigenvalue weighted by molar-refractivity contribution is -0.141. The number of carbonyl (C=O) groups is 1. The van der Waals surface area contributed by atoms with Crippen LogP contribution in [-0.2, 0) is 21.9 Å². The first-order valence-corrected chi connectivity index (χ1v) is 9.56. The second kappa shape index (κ2) is 8.18. The molecule has 0 spiro atoms. The summed E-state index contributed by atoms with van der Waals surface area (Å²) in [5.41, 5.74) is 2.56. The SMILES string of the molecule is O=C(CSCc1ccccc1)OCc1cc(-c2ccc3c(c2)OCO3)on1. The van der Waals surface area contributed by atoms with Crippen molar-refractivity contribution in [3.05, 3.63) is 65.9 Å². The van der Waals surface area contributed by atoms with Crippen molar-refractivity contribution in [1.29, 1.82) is 0 Å². The predicted octanol–water partition coefficient (Wildman–Crippen LogP) is 4.05. The molecule has 3 aromatic rings. The predicted molar refractivity (Wildman–Crippen MR) is 100 cm³/mol. The molecule has 0 amide bonds. The summed E-state index contributed by atoms with van der Waals surface area (Å²) in [6.07, 6.45) is 0. The molecule has 0 radical (unpaired) electrons. The molecule has 0 unspecified atom stereocenters. The third-order valence-corrected chi connectivity index (χ3v) is 4.91. The smallest absolute Gasteiger partial charge is 0.316 e. The number of carbonyl (C=O) groups excluding carboxylic acids is 1. The maximum absolute atomic E-state index is 11.9. The standard InChI is InChI=1S/C20H17NO5S/c22-20(12-27-11-14-4-2-1-3-5-14)23-10-16-9-18(26-21-16)15-6-7-17-19(8-15)25-13-24-17/h1-9H,10-13H2. The van der Waals surface area contributed by atoms with Gasteiger partial charge in [-0.3, -0.25) is 4.79 Å². The zero-order valence-corrected chi connectivity index (χ0v) is 15.2. The molecular formula is C20H17NO5S. The van der Waals surface area contributed by atoms with Crippen molar-refractivity contribution in [2.24, 2.45) is 0 Å². The number of fused-ring (bicyclic) bond motifs is 1. The molecule has 138 valence electrons. The van der Waals surface area contributed by atoms with Crippen LogP contribution in [0.15, 0.2) is 59.1 Å². The number of hydrogen-bond donors (Lipinski definition) is 0. The van der Waals surface area contributed by atoms with E-state index in [1.54, 1.807) is 6.07 Å². The van der Waals surface area contributed by atoms with Gasteiger partial charge < -0.3 is 18.7 Å². The Morgan fingerprint density at radius 2 is 1.93 bits per heavy atom. The molecule has 0 saturated carbocycles. The summed E-state index contributed by atoms with van der Waals surface area (Å²) in [7, 11) is 0. The van der Waals surface area contributed by atoms with Gasteiger partial charge in [0.25, 0.3) is 0 Å². The van der Waals surface area contributed by atoms with E-state index in [0.717, 1.165) is 11.3 Å². The Labute approximate surface area is 160 Å². The summed E-state index contributed by atoms with van der Waals surface area (Å²) in [4.78, 5) is 11.9. The first kappa shape index (κ1) is 17.5. The first-order valence-electron chi connectivity index (χ1n) is 8.41. The largest absolute Gasteiger partial charge is 0.458 e. The second-order valence-electron chi connectivity index (χ2n) is 5.89. The Balaban J connectivity index is 1.26. The van der Waals surface area contributed by atoms with Crippen LogP contribution in [0, 0.1) is 0 Å². The van der Waals surface area contributed by atoms with Gasteiger partial charge in [0.15, 0.2) is 17.3 Å². The highest BCUT2D eigenvalue weighted by Crippen LogP contribution is 2.36. The number of nitrogens with zero attached hydrogens (tertiary/aromatic N) is 1. The molecule has 0 bridgehead atoms. The van der Waals surface area contributed by atoms with E-state index in [1.165, 1.54) is 17.3 Å². The van der Waals surface area contributed by atoms with Crippen LogP contribution in [0.1, 0.15) is 11.3 Å². The minimum absolute atomic E-state index is 0.0821. The third-order valence-electron chi connectivity index (χ3n) is 3.93.